The van der Waals surface area contributed by atoms with Crippen molar-refractivity contribution >= 4 is 16.9 Å². The Hall–Kier alpha value is -2.70. The molecular formula is C26H29FN2O3. The number of methoxy groups -OCH3 is 1. The zero-order valence-electron chi connectivity index (χ0n) is 18.6. The van der Waals surface area contributed by atoms with Crippen LogP contribution in [0.1, 0.15) is 27.2 Å². The Morgan fingerprint density at radius 1 is 1.16 bits per heavy atom. The number of nitrogens with zero attached hydrogens (tertiary/aromatic N) is 2. The first kappa shape index (κ1) is 21.2. The summed E-state index contributed by atoms with van der Waals surface area (Å²) in [5, 5.41) is 1.27. The highest BCUT2D eigenvalue weighted by atomic mass is 19.1. The third-order valence-corrected chi connectivity index (χ3v) is 6.82. The van der Waals surface area contributed by atoms with E-state index in [4.69, 9.17) is 9.47 Å². The second kappa shape index (κ2) is 8.34. The van der Waals surface area contributed by atoms with Gasteiger partial charge in [-0.2, -0.15) is 0 Å². The van der Waals surface area contributed by atoms with Crippen LogP contribution in [0.3, 0.4) is 0 Å². The molecule has 2 aromatic carbocycles. The SMILES string of the molecule is COC(=O)c1ccc(Cc2c(C)n(CC3CN(CC4(F)COC4)C3)c3ccccc23)cc1. The van der Waals surface area contributed by atoms with Crippen molar-refractivity contribution in [2.75, 3.05) is 40.0 Å². The fourth-order valence-corrected chi connectivity index (χ4v) is 5.04. The first-order valence-electron chi connectivity index (χ1n) is 11.2. The number of ether oxygens (including phenoxy) is 2. The smallest absolute Gasteiger partial charge is 0.337 e. The summed E-state index contributed by atoms with van der Waals surface area (Å²) in [6, 6.07) is 16.2. The molecule has 168 valence electrons. The Morgan fingerprint density at radius 3 is 2.53 bits per heavy atom. The first-order valence-corrected chi connectivity index (χ1v) is 11.2. The minimum absolute atomic E-state index is 0.236. The minimum Gasteiger partial charge on any atom is -0.465 e. The maximum atomic E-state index is 14.3. The van der Waals surface area contributed by atoms with Gasteiger partial charge in [-0.1, -0.05) is 30.3 Å². The molecule has 2 aliphatic rings. The van der Waals surface area contributed by atoms with Gasteiger partial charge in [0.1, 0.15) is 0 Å². The molecule has 0 unspecified atom stereocenters. The van der Waals surface area contributed by atoms with Gasteiger partial charge in [-0.25, -0.2) is 9.18 Å². The molecule has 3 aromatic rings. The van der Waals surface area contributed by atoms with Gasteiger partial charge in [0.05, 0.1) is 25.9 Å². The van der Waals surface area contributed by atoms with Crippen LogP contribution in [-0.2, 0) is 22.4 Å². The fourth-order valence-electron chi connectivity index (χ4n) is 5.04. The van der Waals surface area contributed by atoms with Crippen LogP contribution in [0.2, 0.25) is 0 Å². The maximum absolute atomic E-state index is 14.3. The topological polar surface area (TPSA) is 43.7 Å². The van der Waals surface area contributed by atoms with Crippen LogP contribution in [-0.4, -0.2) is 61.1 Å². The van der Waals surface area contributed by atoms with E-state index in [1.54, 1.807) is 0 Å². The molecule has 0 spiro atoms. The Labute approximate surface area is 187 Å². The Morgan fingerprint density at radius 2 is 1.88 bits per heavy atom. The summed E-state index contributed by atoms with van der Waals surface area (Å²) in [6.45, 7) is 5.96. The highest BCUT2D eigenvalue weighted by molar-refractivity contribution is 5.89. The van der Waals surface area contributed by atoms with E-state index in [-0.39, 0.29) is 19.2 Å². The van der Waals surface area contributed by atoms with E-state index in [1.165, 1.54) is 29.3 Å². The molecule has 2 aliphatic heterocycles. The summed E-state index contributed by atoms with van der Waals surface area (Å²) in [6.07, 6.45) is 0.808. The van der Waals surface area contributed by atoms with E-state index < -0.39 is 5.67 Å². The summed E-state index contributed by atoms with van der Waals surface area (Å²) in [7, 11) is 1.40. The lowest BCUT2D eigenvalue weighted by atomic mass is 9.95. The van der Waals surface area contributed by atoms with Crippen molar-refractivity contribution in [3.63, 3.8) is 0 Å². The predicted molar refractivity (Wildman–Crippen MR) is 122 cm³/mol. The Kier molecular flexibility index (Phi) is 5.51. The highest BCUT2D eigenvalue weighted by Gasteiger charge is 2.43. The normalized spacial score (nSPS) is 18.3. The molecule has 2 fully saturated rings. The zero-order chi connectivity index (χ0) is 22.3. The Balaban J connectivity index is 1.33. The lowest BCUT2D eigenvalue weighted by Crippen LogP contribution is -2.59. The third kappa shape index (κ3) is 3.93. The summed E-state index contributed by atoms with van der Waals surface area (Å²) in [4.78, 5) is 13.9. The fraction of sp³-hybridized carbons (Fsp3) is 0.423. The third-order valence-electron chi connectivity index (χ3n) is 6.82. The summed E-state index contributed by atoms with van der Waals surface area (Å²) in [5.41, 5.74) is 4.42. The van der Waals surface area contributed by atoms with Gasteiger partial charge in [0.2, 0.25) is 0 Å². The highest BCUT2D eigenvalue weighted by Crippen LogP contribution is 2.32. The number of carbonyl (C=O) groups is 1. The van der Waals surface area contributed by atoms with Crippen LogP contribution < -0.4 is 0 Å². The summed E-state index contributed by atoms with van der Waals surface area (Å²) in [5.74, 6) is 0.212. The zero-order valence-corrected chi connectivity index (χ0v) is 18.6. The second-order valence-corrected chi connectivity index (χ2v) is 9.26. The standard InChI is InChI=1S/C26H29FN2O3/c1-18-23(11-19-7-9-21(10-8-19)25(30)31-2)22-5-3-4-6-24(22)29(18)14-20-12-28(13-20)15-26(27)16-32-17-26/h3-10,20H,11-17H2,1-2H3. The summed E-state index contributed by atoms with van der Waals surface area (Å²) >= 11 is 0. The number of fused-ring (bicyclic) bond motifs is 1. The molecule has 0 bridgehead atoms. The van der Waals surface area contributed by atoms with E-state index in [0.717, 1.165) is 31.6 Å². The quantitative estimate of drug-likeness (QED) is 0.525. The largest absolute Gasteiger partial charge is 0.465 e. The molecule has 1 aromatic heterocycles. The van der Waals surface area contributed by atoms with E-state index in [0.29, 0.717) is 18.0 Å². The van der Waals surface area contributed by atoms with Crippen molar-refractivity contribution in [2.45, 2.75) is 25.6 Å². The molecule has 5 nitrogen and oxygen atoms in total. The molecule has 0 radical (unpaired) electrons. The number of halogens is 1. The van der Waals surface area contributed by atoms with Crippen molar-refractivity contribution in [3.05, 3.63) is 70.9 Å². The van der Waals surface area contributed by atoms with Crippen molar-refractivity contribution in [2.24, 2.45) is 5.92 Å². The molecule has 2 saturated heterocycles. The van der Waals surface area contributed by atoms with Crippen LogP contribution in [0.5, 0.6) is 0 Å². The lowest BCUT2D eigenvalue weighted by Gasteiger charge is -2.45. The van der Waals surface area contributed by atoms with Crippen LogP contribution in [0.25, 0.3) is 10.9 Å². The van der Waals surface area contributed by atoms with Crippen LogP contribution in [0, 0.1) is 12.8 Å². The van der Waals surface area contributed by atoms with Gasteiger partial charge in [0.15, 0.2) is 5.67 Å². The molecular weight excluding hydrogens is 407 g/mol. The molecule has 3 heterocycles. The van der Waals surface area contributed by atoms with Gasteiger partial charge in [0.25, 0.3) is 0 Å². The summed E-state index contributed by atoms with van der Waals surface area (Å²) < 4.78 is 26.6. The van der Waals surface area contributed by atoms with E-state index >= 15 is 0 Å². The minimum atomic E-state index is -1.14. The van der Waals surface area contributed by atoms with Gasteiger partial charge in [-0.3, -0.25) is 4.90 Å². The monoisotopic (exact) mass is 436 g/mol. The number of hydrogen-bond donors (Lipinski definition) is 0. The van der Waals surface area contributed by atoms with Gasteiger partial charge in [-0.15, -0.1) is 0 Å². The van der Waals surface area contributed by atoms with Crippen LogP contribution in [0.15, 0.2) is 48.5 Å². The van der Waals surface area contributed by atoms with Crippen molar-refractivity contribution < 1.29 is 18.7 Å². The second-order valence-electron chi connectivity index (χ2n) is 9.26. The van der Waals surface area contributed by atoms with E-state index in [9.17, 15) is 9.18 Å². The average molecular weight is 437 g/mol. The van der Waals surface area contributed by atoms with Crippen molar-refractivity contribution in [1.29, 1.82) is 0 Å². The molecule has 6 heteroatoms. The number of hydrogen-bond acceptors (Lipinski definition) is 4. The Bertz CT molecular complexity index is 1130. The first-order chi connectivity index (χ1) is 15.5. The van der Waals surface area contributed by atoms with Gasteiger partial charge >= 0.3 is 5.97 Å². The number of alkyl halides is 1. The van der Waals surface area contributed by atoms with Crippen molar-refractivity contribution in [3.8, 4) is 0 Å². The van der Waals surface area contributed by atoms with Crippen molar-refractivity contribution in [1.82, 2.24) is 9.47 Å². The number of carbonyl (C=O) groups excluding carboxylic acids is 1. The van der Waals surface area contributed by atoms with Gasteiger partial charge in [-0.05, 0) is 42.7 Å². The number of para-hydroxylation sites is 1. The molecule has 5 rings (SSSR count). The molecule has 0 N–H and O–H groups in total. The molecule has 0 aliphatic carbocycles. The molecule has 0 amide bonds. The van der Waals surface area contributed by atoms with Crippen LogP contribution >= 0.6 is 0 Å². The maximum Gasteiger partial charge on any atom is 0.337 e. The number of likely N-dealkylation sites (tertiary alicyclic amines) is 1. The molecule has 32 heavy (non-hydrogen) atoms. The lowest BCUT2D eigenvalue weighted by molar-refractivity contribution is -0.150. The predicted octanol–water partition coefficient (Wildman–Crippen LogP) is 4.00. The average Bonchev–Trinajstić information content (AvgIpc) is 3.02. The van der Waals surface area contributed by atoms with E-state index in [2.05, 4.69) is 40.7 Å². The number of benzene rings is 2. The van der Waals surface area contributed by atoms with Crippen LogP contribution in [0.4, 0.5) is 4.39 Å². The molecule has 0 saturated carbocycles. The number of esters is 1. The number of aromatic nitrogens is 1. The van der Waals surface area contributed by atoms with Gasteiger partial charge < -0.3 is 14.0 Å². The molecule has 0 atom stereocenters. The number of rotatable bonds is 7. The van der Waals surface area contributed by atoms with Gasteiger partial charge in [0, 0.05) is 48.7 Å². The van der Waals surface area contributed by atoms with E-state index in [1.807, 2.05) is 24.3 Å².